The summed E-state index contributed by atoms with van der Waals surface area (Å²) in [6, 6.07) is 7.09. The first-order chi connectivity index (χ1) is 12.4. The number of benzene rings is 1. The maximum atomic E-state index is 12.7. The van der Waals surface area contributed by atoms with E-state index in [1.807, 2.05) is 31.2 Å². The minimum Gasteiger partial charge on any atom is -0.341 e. The van der Waals surface area contributed by atoms with Crippen molar-refractivity contribution in [1.29, 1.82) is 0 Å². The van der Waals surface area contributed by atoms with E-state index in [1.54, 1.807) is 16.7 Å². The molecule has 4 rings (SSSR count). The SMILES string of the molecule is Cc1ccc(CC(=O)NC2C(=O)N3C(c4nnn[nH]4)C(C)(C)S[C@@H]23)cc1. The molecule has 2 N–H and O–H groups in total. The third-order valence-corrected chi connectivity index (χ3v) is 6.44. The van der Waals surface area contributed by atoms with E-state index in [0.717, 1.165) is 11.1 Å². The van der Waals surface area contributed by atoms with Crippen LogP contribution in [0.4, 0.5) is 0 Å². The Bertz CT molecular complexity index is 835. The van der Waals surface area contributed by atoms with Crippen molar-refractivity contribution in [2.45, 2.75) is 49.4 Å². The van der Waals surface area contributed by atoms with E-state index < -0.39 is 6.04 Å². The Kier molecular flexibility index (Phi) is 3.98. The van der Waals surface area contributed by atoms with E-state index in [-0.39, 0.29) is 34.4 Å². The van der Waals surface area contributed by atoms with Gasteiger partial charge in [-0.15, -0.1) is 16.9 Å². The lowest BCUT2D eigenvalue weighted by atomic mass is 9.95. The molecular formula is C17H20N6O2S. The fourth-order valence-corrected chi connectivity index (χ4v) is 5.22. The fraction of sp³-hybridized carbons (Fsp3) is 0.471. The van der Waals surface area contributed by atoms with E-state index in [9.17, 15) is 9.59 Å². The predicted molar refractivity (Wildman–Crippen MR) is 96.0 cm³/mol. The molecule has 0 saturated carbocycles. The van der Waals surface area contributed by atoms with Gasteiger partial charge in [-0.3, -0.25) is 9.59 Å². The zero-order chi connectivity index (χ0) is 18.5. The number of amides is 2. The second kappa shape index (κ2) is 6.08. The van der Waals surface area contributed by atoms with Crippen molar-refractivity contribution in [1.82, 2.24) is 30.8 Å². The summed E-state index contributed by atoms with van der Waals surface area (Å²) in [5.41, 5.74) is 2.08. The molecule has 2 amide bonds. The van der Waals surface area contributed by atoms with Crippen molar-refractivity contribution >= 4 is 23.6 Å². The molecule has 0 spiro atoms. The highest BCUT2D eigenvalue weighted by Crippen LogP contribution is 2.56. The molecule has 3 heterocycles. The van der Waals surface area contributed by atoms with Crippen LogP contribution in [-0.2, 0) is 16.0 Å². The normalized spacial score (nSPS) is 26.3. The standard InChI is InChI=1S/C17H20N6O2S/c1-9-4-6-10(7-5-9)8-11(24)18-12-15(25)23-13(14-19-21-22-20-14)17(2,3)26-16(12)23/h4-7,12-13,16H,8H2,1-3H3,(H,18,24)(H,19,20,21,22)/t12?,13?,16-/m0/s1. The maximum Gasteiger partial charge on any atom is 0.249 e. The van der Waals surface area contributed by atoms with Gasteiger partial charge in [0.15, 0.2) is 5.82 Å². The average Bonchev–Trinajstić information content (AvgIpc) is 3.19. The number of H-pyrrole nitrogens is 1. The number of nitrogens with one attached hydrogen (secondary N) is 2. The Balaban J connectivity index is 1.45. The minimum absolute atomic E-state index is 0.0910. The first kappa shape index (κ1) is 17.0. The van der Waals surface area contributed by atoms with Crippen molar-refractivity contribution in [3.05, 3.63) is 41.2 Å². The molecule has 0 bridgehead atoms. The van der Waals surface area contributed by atoms with Crippen LogP contribution in [-0.4, -0.2) is 53.5 Å². The Hall–Kier alpha value is -2.42. The summed E-state index contributed by atoms with van der Waals surface area (Å²) < 4.78 is -0.252. The Labute approximate surface area is 155 Å². The van der Waals surface area contributed by atoms with Gasteiger partial charge in [-0.1, -0.05) is 29.8 Å². The number of aromatic amines is 1. The van der Waals surface area contributed by atoms with E-state index in [4.69, 9.17) is 0 Å². The highest BCUT2D eigenvalue weighted by atomic mass is 32.2. The zero-order valence-electron chi connectivity index (χ0n) is 14.8. The van der Waals surface area contributed by atoms with E-state index in [0.29, 0.717) is 5.82 Å². The summed E-state index contributed by atoms with van der Waals surface area (Å²) in [6.45, 7) is 6.12. The second-order valence-electron chi connectivity index (χ2n) is 7.25. The first-order valence-electron chi connectivity index (χ1n) is 8.45. The van der Waals surface area contributed by atoms with Gasteiger partial charge in [-0.05, 0) is 36.8 Å². The lowest BCUT2D eigenvalue weighted by Gasteiger charge is -2.44. The van der Waals surface area contributed by atoms with Crippen LogP contribution >= 0.6 is 11.8 Å². The summed E-state index contributed by atoms with van der Waals surface area (Å²) in [5.74, 6) is 0.338. The molecular weight excluding hydrogens is 352 g/mol. The Morgan fingerprint density at radius 3 is 2.73 bits per heavy atom. The molecule has 136 valence electrons. The average molecular weight is 372 g/mol. The monoisotopic (exact) mass is 372 g/mol. The number of aryl methyl sites for hydroxylation is 1. The number of aromatic nitrogens is 4. The van der Waals surface area contributed by atoms with Crippen molar-refractivity contribution in [2.24, 2.45) is 0 Å². The number of hydrogen-bond donors (Lipinski definition) is 2. The van der Waals surface area contributed by atoms with Gasteiger partial charge in [-0.2, -0.15) is 0 Å². The number of tetrazole rings is 1. The Morgan fingerprint density at radius 1 is 1.35 bits per heavy atom. The van der Waals surface area contributed by atoms with Crippen molar-refractivity contribution < 1.29 is 9.59 Å². The summed E-state index contributed by atoms with van der Waals surface area (Å²) in [5, 5.41) is 16.8. The van der Waals surface area contributed by atoms with E-state index >= 15 is 0 Å². The number of carbonyl (C=O) groups is 2. The van der Waals surface area contributed by atoms with Gasteiger partial charge >= 0.3 is 0 Å². The molecule has 2 unspecified atom stereocenters. The Morgan fingerprint density at radius 2 is 2.08 bits per heavy atom. The molecule has 2 aliphatic heterocycles. The topological polar surface area (TPSA) is 104 Å². The van der Waals surface area contributed by atoms with Crippen LogP contribution in [0.2, 0.25) is 0 Å². The quantitative estimate of drug-likeness (QED) is 0.775. The zero-order valence-corrected chi connectivity index (χ0v) is 15.6. The van der Waals surface area contributed by atoms with Gasteiger partial charge < -0.3 is 10.2 Å². The van der Waals surface area contributed by atoms with Gasteiger partial charge in [0.2, 0.25) is 11.8 Å². The number of hydrogen-bond acceptors (Lipinski definition) is 6. The van der Waals surface area contributed by atoms with Gasteiger partial charge in [-0.25, -0.2) is 5.10 Å². The van der Waals surface area contributed by atoms with Gasteiger partial charge in [0, 0.05) is 4.75 Å². The van der Waals surface area contributed by atoms with Gasteiger partial charge in [0.25, 0.3) is 0 Å². The molecule has 26 heavy (non-hydrogen) atoms. The first-order valence-corrected chi connectivity index (χ1v) is 9.33. The number of carbonyl (C=O) groups excluding carboxylic acids is 2. The van der Waals surface area contributed by atoms with Crippen molar-refractivity contribution in [3.63, 3.8) is 0 Å². The van der Waals surface area contributed by atoms with Crippen LogP contribution < -0.4 is 5.32 Å². The molecule has 9 heteroatoms. The molecule has 2 fully saturated rings. The van der Waals surface area contributed by atoms with Gasteiger partial charge in [0.05, 0.1) is 6.42 Å². The number of thioether (sulfide) groups is 1. The molecule has 0 radical (unpaired) electrons. The van der Waals surface area contributed by atoms with Crippen LogP contribution in [0.1, 0.15) is 36.8 Å². The summed E-state index contributed by atoms with van der Waals surface area (Å²) in [4.78, 5) is 26.8. The number of β-lactam (4-membered cyclic amide) rings is 1. The highest BCUT2D eigenvalue weighted by Gasteiger charge is 2.63. The van der Waals surface area contributed by atoms with Crippen LogP contribution in [0.5, 0.6) is 0 Å². The van der Waals surface area contributed by atoms with E-state index in [1.165, 1.54) is 0 Å². The van der Waals surface area contributed by atoms with E-state index in [2.05, 4.69) is 39.8 Å². The van der Waals surface area contributed by atoms with Crippen LogP contribution in [0.3, 0.4) is 0 Å². The molecule has 0 aliphatic carbocycles. The summed E-state index contributed by atoms with van der Waals surface area (Å²) in [6.07, 6.45) is 0.264. The predicted octanol–water partition coefficient (Wildman–Crippen LogP) is 0.970. The number of rotatable bonds is 4. The fourth-order valence-electron chi connectivity index (χ4n) is 3.59. The third kappa shape index (κ3) is 2.76. The maximum absolute atomic E-state index is 12.7. The third-order valence-electron chi connectivity index (χ3n) is 4.86. The van der Waals surface area contributed by atoms with Crippen LogP contribution in [0.25, 0.3) is 0 Å². The molecule has 2 aliphatic rings. The number of fused-ring (bicyclic) bond motifs is 1. The lowest BCUT2D eigenvalue weighted by Crippen LogP contribution is -2.68. The molecule has 8 nitrogen and oxygen atoms in total. The molecule has 1 aromatic heterocycles. The van der Waals surface area contributed by atoms with Crippen LogP contribution in [0, 0.1) is 6.92 Å². The molecule has 1 aromatic carbocycles. The summed E-state index contributed by atoms with van der Waals surface area (Å²) in [7, 11) is 0. The summed E-state index contributed by atoms with van der Waals surface area (Å²) >= 11 is 1.66. The highest BCUT2D eigenvalue weighted by molar-refractivity contribution is 8.01. The largest absolute Gasteiger partial charge is 0.341 e. The smallest absolute Gasteiger partial charge is 0.249 e. The second-order valence-corrected chi connectivity index (χ2v) is 9.02. The van der Waals surface area contributed by atoms with Crippen molar-refractivity contribution in [2.75, 3.05) is 0 Å². The molecule has 2 saturated heterocycles. The number of nitrogens with zero attached hydrogens (tertiary/aromatic N) is 4. The minimum atomic E-state index is -0.502. The lowest BCUT2D eigenvalue weighted by molar-refractivity contribution is -0.151. The van der Waals surface area contributed by atoms with Crippen LogP contribution in [0.15, 0.2) is 24.3 Å². The molecule has 3 atom stereocenters. The van der Waals surface area contributed by atoms with Gasteiger partial charge in [0.1, 0.15) is 17.5 Å². The molecule has 2 aromatic rings. The van der Waals surface area contributed by atoms with Crippen molar-refractivity contribution in [3.8, 4) is 0 Å².